The fraction of sp³-hybridized carbons (Fsp3) is 0.625. The molecule has 0 amide bonds. The van der Waals surface area contributed by atoms with Crippen molar-refractivity contribution in [3.8, 4) is 0 Å². The molecule has 1 saturated carbocycles. The third kappa shape index (κ3) is 3.35. The van der Waals surface area contributed by atoms with Gasteiger partial charge in [-0.05, 0) is 32.6 Å². The molecule has 2 aromatic heterocycles. The summed E-state index contributed by atoms with van der Waals surface area (Å²) in [6.07, 6.45) is 6.69. The lowest BCUT2D eigenvalue weighted by molar-refractivity contribution is 0.530. The van der Waals surface area contributed by atoms with Crippen LogP contribution in [0.2, 0.25) is 0 Å². The lowest BCUT2D eigenvalue weighted by Crippen LogP contribution is -2.24. The van der Waals surface area contributed by atoms with Crippen LogP contribution in [0, 0.1) is 0 Å². The summed E-state index contributed by atoms with van der Waals surface area (Å²) in [7, 11) is 0. The summed E-state index contributed by atoms with van der Waals surface area (Å²) >= 11 is 1.76. The molecule has 114 valence electrons. The first kappa shape index (κ1) is 14.7. The molecule has 4 nitrogen and oxygen atoms in total. The molecular weight excluding hydrogens is 280 g/mol. The number of thiazole rings is 1. The molecule has 2 aromatic rings. The Labute approximate surface area is 130 Å². The van der Waals surface area contributed by atoms with Crippen LogP contribution >= 0.6 is 11.3 Å². The predicted octanol–water partition coefficient (Wildman–Crippen LogP) is 3.89. The average molecular weight is 304 g/mol. The Hall–Kier alpha value is -1.20. The lowest BCUT2D eigenvalue weighted by Gasteiger charge is -2.14. The van der Waals surface area contributed by atoms with E-state index < -0.39 is 0 Å². The summed E-state index contributed by atoms with van der Waals surface area (Å²) in [5.41, 5.74) is 2.41. The van der Waals surface area contributed by atoms with Crippen molar-refractivity contribution in [2.45, 2.75) is 64.6 Å². The van der Waals surface area contributed by atoms with Crippen LogP contribution in [-0.4, -0.2) is 20.8 Å². The van der Waals surface area contributed by atoms with E-state index in [4.69, 9.17) is 4.98 Å². The minimum atomic E-state index is 0.183. The van der Waals surface area contributed by atoms with E-state index in [2.05, 4.69) is 49.7 Å². The Balaban J connectivity index is 1.88. The molecule has 1 unspecified atom stereocenters. The normalized spacial score (nSPS) is 16.9. The summed E-state index contributed by atoms with van der Waals surface area (Å²) in [6.45, 7) is 8.69. The highest BCUT2D eigenvalue weighted by atomic mass is 32.1. The lowest BCUT2D eigenvalue weighted by atomic mass is 10.1. The highest BCUT2D eigenvalue weighted by Crippen LogP contribution is 2.31. The first-order chi connectivity index (χ1) is 10.0. The zero-order chi connectivity index (χ0) is 15.0. The van der Waals surface area contributed by atoms with E-state index in [1.54, 1.807) is 11.3 Å². The smallest absolute Gasteiger partial charge is 0.115 e. The molecule has 0 aliphatic heterocycles. The molecule has 0 saturated heterocycles. The Morgan fingerprint density at radius 1 is 1.29 bits per heavy atom. The van der Waals surface area contributed by atoms with Crippen molar-refractivity contribution in [3.05, 3.63) is 34.0 Å². The van der Waals surface area contributed by atoms with Crippen molar-refractivity contribution in [1.82, 2.24) is 20.1 Å². The van der Waals surface area contributed by atoms with Gasteiger partial charge in [0.2, 0.25) is 0 Å². The van der Waals surface area contributed by atoms with E-state index in [1.165, 1.54) is 24.1 Å². The Morgan fingerprint density at radius 3 is 2.57 bits per heavy atom. The summed E-state index contributed by atoms with van der Waals surface area (Å²) in [5, 5.41) is 11.6. The van der Waals surface area contributed by atoms with Crippen molar-refractivity contribution < 1.29 is 0 Å². The molecule has 1 fully saturated rings. The summed E-state index contributed by atoms with van der Waals surface area (Å²) in [5.74, 6) is 0.481. The summed E-state index contributed by atoms with van der Waals surface area (Å²) in [6, 6.07) is 1.22. The van der Waals surface area contributed by atoms with Crippen LogP contribution in [0.4, 0.5) is 0 Å². The monoisotopic (exact) mass is 304 g/mol. The van der Waals surface area contributed by atoms with Crippen molar-refractivity contribution in [3.63, 3.8) is 0 Å². The second-order valence-corrected chi connectivity index (χ2v) is 7.38. The SMILES string of the molecule is CC(C)c1csc(C(NC2CC2)c2cnn(C(C)C)c2)n1. The number of hydrogen-bond donors (Lipinski definition) is 1. The van der Waals surface area contributed by atoms with E-state index >= 15 is 0 Å². The minimum Gasteiger partial charge on any atom is -0.301 e. The Kier molecular flexibility index (Phi) is 4.13. The van der Waals surface area contributed by atoms with Gasteiger partial charge in [0, 0.05) is 29.2 Å². The zero-order valence-electron chi connectivity index (χ0n) is 13.2. The maximum atomic E-state index is 4.84. The standard InChI is InChI=1S/C16H24N4S/c1-10(2)14-9-21-16(19-14)15(18-13-5-6-13)12-7-17-20(8-12)11(3)4/h7-11,13,15,18H,5-6H2,1-4H3. The Morgan fingerprint density at radius 2 is 2.05 bits per heavy atom. The van der Waals surface area contributed by atoms with Crippen LogP contribution in [0.3, 0.4) is 0 Å². The van der Waals surface area contributed by atoms with Crippen LogP contribution in [0.5, 0.6) is 0 Å². The van der Waals surface area contributed by atoms with Crippen LogP contribution < -0.4 is 5.32 Å². The maximum Gasteiger partial charge on any atom is 0.115 e. The van der Waals surface area contributed by atoms with Gasteiger partial charge in [-0.3, -0.25) is 4.68 Å². The average Bonchev–Trinajstić information content (AvgIpc) is 2.96. The molecule has 0 spiro atoms. The molecule has 0 bridgehead atoms. The highest BCUT2D eigenvalue weighted by Gasteiger charge is 2.29. The fourth-order valence-electron chi connectivity index (χ4n) is 2.28. The molecule has 1 N–H and O–H groups in total. The van der Waals surface area contributed by atoms with Gasteiger partial charge in [-0.15, -0.1) is 11.3 Å². The van der Waals surface area contributed by atoms with E-state index in [9.17, 15) is 0 Å². The molecule has 1 aliphatic carbocycles. The quantitative estimate of drug-likeness (QED) is 0.880. The van der Waals surface area contributed by atoms with E-state index in [1.807, 2.05) is 10.9 Å². The largest absolute Gasteiger partial charge is 0.301 e. The van der Waals surface area contributed by atoms with Crippen LogP contribution in [0.15, 0.2) is 17.8 Å². The number of rotatable bonds is 6. The van der Waals surface area contributed by atoms with E-state index in [0.29, 0.717) is 18.0 Å². The molecular formula is C16H24N4S. The molecule has 5 heteroatoms. The third-order valence-corrected chi connectivity index (χ3v) is 4.77. The number of nitrogens with zero attached hydrogens (tertiary/aromatic N) is 3. The third-order valence-electron chi connectivity index (χ3n) is 3.84. The minimum absolute atomic E-state index is 0.183. The first-order valence-electron chi connectivity index (χ1n) is 7.80. The second-order valence-electron chi connectivity index (χ2n) is 6.49. The van der Waals surface area contributed by atoms with Gasteiger partial charge < -0.3 is 5.32 Å². The molecule has 3 rings (SSSR count). The zero-order valence-corrected chi connectivity index (χ0v) is 14.0. The van der Waals surface area contributed by atoms with Crippen molar-refractivity contribution in [2.24, 2.45) is 0 Å². The van der Waals surface area contributed by atoms with Gasteiger partial charge in [-0.1, -0.05) is 13.8 Å². The van der Waals surface area contributed by atoms with Crippen LogP contribution in [0.25, 0.3) is 0 Å². The molecule has 0 aromatic carbocycles. The second kappa shape index (κ2) is 5.89. The van der Waals surface area contributed by atoms with Crippen LogP contribution in [-0.2, 0) is 0 Å². The summed E-state index contributed by atoms with van der Waals surface area (Å²) in [4.78, 5) is 4.84. The van der Waals surface area contributed by atoms with Gasteiger partial charge in [0.15, 0.2) is 0 Å². The maximum absolute atomic E-state index is 4.84. The van der Waals surface area contributed by atoms with E-state index in [0.717, 1.165) is 5.01 Å². The van der Waals surface area contributed by atoms with E-state index in [-0.39, 0.29) is 6.04 Å². The van der Waals surface area contributed by atoms with Crippen molar-refractivity contribution in [2.75, 3.05) is 0 Å². The van der Waals surface area contributed by atoms with Gasteiger partial charge in [-0.2, -0.15) is 5.10 Å². The molecule has 1 atom stereocenters. The molecule has 2 heterocycles. The number of hydrogen-bond acceptors (Lipinski definition) is 4. The van der Waals surface area contributed by atoms with Gasteiger partial charge in [-0.25, -0.2) is 4.98 Å². The Bertz CT molecular complexity index is 549. The first-order valence-corrected chi connectivity index (χ1v) is 8.68. The van der Waals surface area contributed by atoms with Crippen molar-refractivity contribution in [1.29, 1.82) is 0 Å². The highest BCUT2D eigenvalue weighted by molar-refractivity contribution is 7.09. The molecule has 21 heavy (non-hydrogen) atoms. The van der Waals surface area contributed by atoms with Gasteiger partial charge in [0.05, 0.1) is 17.9 Å². The predicted molar refractivity (Wildman–Crippen MR) is 86.8 cm³/mol. The van der Waals surface area contributed by atoms with Gasteiger partial charge in [0.1, 0.15) is 5.01 Å². The fourth-order valence-corrected chi connectivity index (χ4v) is 3.34. The van der Waals surface area contributed by atoms with Gasteiger partial charge >= 0.3 is 0 Å². The molecule has 0 radical (unpaired) electrons. The molecule has 1 aliphatic rings. The topological polar surface area (TPSA) is 42.7 Å². The number of nitrogens with one attached hydrogen (secondary N) is 1. The van der Waals surface area contributed by atoms with Crippen LogP contribution in [0.1, 0.15) is 74.8 Å². The van der Waals surface area contributed by atoms with Gasteiger partial charge in [0.25, 0.3) is 0 Å². The number of aromatic nitrogens is 3. The summed E-state index contributed by atoms with van der Waals surface area (Å²) < 4.78 is 2.02. The van der Waals surface area contributed by atoms with Crippen molar-refractivity contribution >= 4 is 11.3 Å².